The minimum absolute atomic E-state index is 1.19. The number of hydrogen-bond acceptors (Lipinski definition) is 0. The lowest BCUT2D eigenvalue weighted by Crippen LogP contribution is -1.82. The Morgan fingerprint density at radius 2 is 1.44 bits per heavy atom. The molecule has 16 heavy (non-hydrogen) atoms. The molecule has 0 atom stereocenters. The van der Waals surface area contributed by atoms with E-state index in [0.29, 0.717) is 0 Å². The van der Waals surface area contributed by atoms with Gasteiger partial charge in [-0.1, -0.05) is 76.1 Å². The third kappa shape index (κ3) is 3.69. The summed E-state index contributed by atoms with van der Waals surface area (Å²) in [6.45, 7) is 6.47. The lowest BCUT2D eigenvalue weighted by molar-refractivity contribution is 0.924. The van der Waals surface area contributed by atoms with E-state index in [4.69, 9.17) is 0 Å². The van der Waals surface area contributed by atoms with Crippen LogP contribution in [0.2, 0.25) is 0 Å². The predicted molar refractivity (Wildman–Crippen MR) is 73.9 cm³/mol. The molecular formula is C16H22. The maximum atomic E-state index is 2.29. The SMILES string of the molecule is CCC.CCCc1ccc2ccccc2c1. The molecule has 0 N–H and O–H groups in total. The maximum absolute atomic E-state index is 2.29. The summed E-state index contributed by atoms with van der Waals surface area (Å²) < 4.78 is 0. The summed E-state index contributed by atoms with van der Waals surface area (Å²) in [5, 5.41) is 2.69. The first-order valence-electron chi connectivity index (χ1n) is 6.29. The molecule has 0 amide bonds. The Morgan fingerprint density at radius 3 is 2.06 bits per heavy atom. The summed E-state index contributed by atoms with van der Waals surface area (Å²) in [6, 6.07) is 15.2. The average molecular weight is 214 g/mol. The van der Waals surface area contributed by atoms with Crippen LogP contribution in [0.4, 0.5) is 0 Å². The van der Waals surface area contributed by atoms with Gasteiger partial charge in [0.1, 0.15) is 0 Å². The largest absolute Gasteiger partial charge is 0.0656 e. The van der Waals surface area contributed by atoms with Crippen molar-refractivity contribution in [2.45, 2.75) is 40.0 Å². The van der Waals surface area contributed by atoms with Crippen LogP contribution in [0.5, 0.6) is 0 Å². The quantitative estimate of drug-likeness (QED) is 0.644. The fourth-order valence-corrected chi connectivity index (χ4v) is 1.68. The number of hydrogen-bond donors (Lipinski definition) is 0. The molecule has 0 unspecified atom stereocenters. The van der Waals surface area contributed by atoms with E-state index in [1.807, 2.05) is 0 Å². The molecule has 0 saturated carbocycles. The Labute approximate surface area is 99.3 Å². The van der Waals surface area contributed by atoms with Crippen molar-refractivity contribution in [3.63, 3.8) is 0 Å². The molecule has 2 rings (SSSR count). The predicted octanol–water partition coefficient (Wildman–Crippen LogP) is 5.21. The first-order valence-corrected chi connectivity index (χ1v) is 6.29. The van der Waals surface area contributed by atoms with Crippen molar-refractivity contribution in [2.24, 2.45) is 0 Å². The molecule has 0 spiro atoms. The average Bonchev–Trinajstić information content (AvgIpc) is 2.30. The van der Waals surface area contributed by atoms with Gasteiger partial charge in [0.2, 0.25) is 0 Å². The van der Waals surface area contributed by atoms with Crippen LogP contribution < -0.4 is 0 Å². The van der Waals surface area contributed by atoms with Crippen LogP contribution in [-0.2, 0) is 6.42 Å². The van der Waals surface area contributed by atoms with Gasteiger partial charge in [0.05, 0.1) is 0 Å². The van der Waals surface area contributed by atoms with Crippen molar-refractivity contribution in [1.29, 1.82) is 0 Å². The van der Waals surface area contributed by atoms with E-state index in [1.54, 1.807) is 0 Å². The van der Waals surface area contributed by atoms with E-state index in [9.17, 15) is 0 Å². The maximum Gasteiger partial charge on any atom is -0.0181 e. The second-order valence-electron chi connectivity index (χ2n) is 4.14. The summed E-state index contributed by atoms with van der Waals surface area (Å²) in [6.07, 6.45) is 3.66. The van der Waals surface area contributed by atoms with Crippen molar-refractivity contribution in [2.75, 3.05) is 0 Å². The smallest absolute Gasteiger partial charge is 0.0181 e. The minimum atomic E-state index is 1.19. The van der Waals surface area contributed by atoms with Gasteiger partial charge in [0.15, 0.2) is 0 Å². The van der Waals surface area contributed by atoms with Gasteiger partial charge >= 0.3 is 0 Å². The molecule has 0 aromatic heterocycles. The minimum Gasteiger partial charge on any atom is -0.0656 e. The Balaban J connectivity index is 0.000000386. The van der Waals surface area contributed by atoms with Crippen LogP contribution >= 0.6 is 0 Å². The molecule has 0 heterocycles. The Bertz CT molecular complexity index is 415. The standard InChI is InChI=1S/C13H14.C3H8/c1-2-5-11-8-9-12-6-3-4-7-13(12)10-11;1-3-2/h3-4,6-10H,2,5H2,1H3;3H2,1-2H3. The van der Waals surface area contributed by atoms with Crippen molar-refractivity contribution < 1.29 is 0 Å². The molecule has 0 bridgehead atoms. The number of rotatable bonds is 2. The first-order chi connectivity index (χ1) is 7.81. The van der Waals surface area contributed by atoms with Crippen LogP contribution in [0.15, 0.2) is 42.5 Å². The van der Waals surface area contributed by atoms with Crippen molar-refractivity contribution in [3.05, 3.63) is 48.0 Å². The zero-order chi connectivity index (χ0) is 11.8. The molecule has 0 nitrogen and oxygen atoms in total. The van der Waals surface area contributed by atoms with E-state index in [1.165, 1.54) is 35.6 Å². The van der Waals surface area contributed by atoms with Gasteiger partial charge in [0, 0.05) is 0 Å². The number of fused-ring (bicyclic) bond motifs is 1. The van der Waals surface area contributed by atoms with Crippen LogP contribution in [0.25, 0.3) is 10.8 Å². The van der Waals surface area contributed by atoms with E-state index in [-0.39, 0.29) is 0 Å². The highest BCUT2D eigenvalue weighted by Gasteiger charge is 1.93. The fourth-order valence-electron chi connectivity index (χ4n) is 1.68. The molecule has 0 radical (unpaired) electrons. The highest BCUT2D eigenvalue weighted by atomic mass is 14.0. The van der Waals surface area contributed by atoms with Gasteiger partial charge < -0.3 is 0 Å². The molecule has 0 saturated heterocycles. The molecule has 0 aliphatic rings. The lowest BCUT2D eigenvalue weighted by atomic mass is 10.0. The fraction of sp³-hybridized carbons (Fsp3) is 0.375. The van der Waals surface area contributed by atoms with Gasteiger partial charge in [-0.2, -0.15) is 0 Å². The third-order valence-corrected chi connectivity index (χ3v) is 2.35. The van der Waals surface area contributed by atoms with E-state index in [2.05, 4.69) is 63.2 Å². The topological polar surface area (TPSA) is 0 Å². The normalized spacial score (nSPS) is 9.69. The zero-order valence-electron chi connectivity index (χ0n) is 10.7. The molecule has 0 fully saturated rings. The molecule has 86 valence electrons. The lowest BCUT2D eigenvalue weighted by Gasteiger charge is -2.01. The van der Waals surface area contributed by atoms with Crippen molar-refractivity contribution >= 4 is 10.8 Å². The summed E-state index contributed by atoms with van der Waals surface area (Å²) in [5.41, 5.74) is 1.45. The van der Waals surface area contributed by atoms with Crippen molar-refractivity contribution in [3.8, 4) is 0 Å². The van der Waals surface area contributed by atoms with E-state index < -0.39 is 0 Å². The van der Waals surface area contributed by atoms with Crippen molar-refractivity contribution in [1.82, 2.24) is 0 Å². The second kappa shape index (κ2) is 7.05. The van der Waals surface area contributed by atoms with Crippen LogP contribution in [0.1, 0.15) is 39.2 Å². The van der Waals surface area contributed by atoms with Crippen LogP contribution in [-0.4, -0.2) is 0 Å². The summed E-state index contributed by atoms with van der Waals surface area (Å²) in [5.74, 6) is 0. The summed E-state index contributed by atoms with van der Waals surface area (Å²) >= 11 is 0. The number of benzene rings is 2. The summed E-state index contributed by atoms with van der Waals surface area (Å²) in [4.78, 5) is 0. The summed E-state index contributed by atoms with van der Waals surface area (Å²) in [7, 11) is 0. The van der Waals surface area contributed by atoms with E-state index in [0.717, 1.165) is 0 Å². The Kier molecular flexibility index (Phi) is 5.63. The van der Waals surface area contributed by atoms with Gasteiger partial charge in [-0.15, -0.1) is 0 Å². The van der Waals surface area contributed by atoms with E-state index >= 15 is 0 Å². The van der Waals surface area contributed by atoms with Gasteiger partial charge in [-0.05, 0) is 22.8 Å². The third-order valence-electron chi connectivity index (χ3n) is 2.35. The molecular weight excluding hydrogens is 192 g/mol. The van der Waals surface area contributed by atoms with Gasteiger partial charge in [0.25, 0.3) is 0 Å². The van der Waals surface area contributed by atoms with Crippen LogP contribution in [0.3, 0.4) is 0 Å². The molecule has 0 aliphatic carbocycles. The zero-order valence-corrected chi connectivity index (χ0v) is 10.7. The highest BCUT2D eigenvalue weighted by Crippen LogP contribution is 2.16. The molecule has 0 heteroatoms. The highest BCUT2D eigenvalue weighted by molar-refractivity contribution is 5.82. The first kappa shape index (κ1) is 12.8. The monoisotopic (exact) mass is 214 g/mol. The molecule has 2 aromatic rings. The molecule has 0 aliphatic heterocycles. The van der Waals surface area contributed by atoms with Crippen LogP contribution in [0, 0.1) is 0 Å². The molecule has 2 aromatic carbocycles. The van der Waals surface area contributed by atoms with Gasteiger partial charge in [-0.3, -0.25) is 0 Å². The Hall–Kier alpha value is -1.30. The second-order valence-corrected chi connectivity index (χ2v) is 4.14. The van der Waals surface area contributed by atoms with Gasteiger partial charge in [-0.25, -0.2) is 0 Å². The Morgan fingerprint density at radius 1 is 0.812 bits per heavy atom. The number of aryl methyl sites for hydroxylation is 1.